The molecule has 1 aromatic carbocycles. The summed E-state index contributed by atoms with van der Waals surface area (Å²) in [5, 5.41) is 11.8. The zero-order valence-electron chi connectivity index (χ0n) is 9.59. The van der Waals surface area contributed by atoms with Gasteiger partial charge in [-0.15, -0.1) is 0 Å². The van der Waals surface area contributed by atoms with Crippen molar-refractivity contribution in [1.29, 1.82) is 5.26 Å². The predicted octanol–water partition coefficient (Wildman–Crippen LogP) is 1.25. The number of hydrazine groups is 1. The molecule has 1 aromatic heterocycles. The number of anilines is 2. The van der Waals surface area contributed by atoms with Crippen LogP contribution in [0, 0.1) is 11.3 Å². The number of aromatic nitrogens is 2. The molecular formula is C12H12N6. The summed E-state index contributed by atoms with van der Waals surface area (Å²) in [7, 11) is 0. The number of nitriles is 1. The predicted molar refractivity (Wildman–Crippen MR) is 68.3 cm³/mol. The number of hydrogen-bond acceptors (Lipinski definition) is 6. The topological polar surface area (TPSA) is 99.7 Å². The highest BCUT2D eigenvalue weighted by molar-refractivity contribution is 5.41. The van der Waals surface area contributed by atoms with Gasteiger partial charge in [-0.3, -0.25) is 4.98 Å². The Hall–Kier alpha value is -2.65. The zero-order chi connectivity index (χ0) is 12.8. The first-order valence-electron chi connectivity index (χ1n) is 5.33. The first kappa shape index (κ1) is 11.8. The molecule has 18 heavy (non-hydrogen) atoms. The van der Waals surface area contributed by atoms with Gasteiger partial charge in [-0.25, -0.2) is 10.8 Å². The molecule has 0 aliphatic carbocycles. The van der Waals surface area contributed by atoms with Crippen LogP contribution in [-0.2, 0) is 6.54 Å². The Morgan fingerprint density at radius 3 is 2.56 bits per heavy atom. The van der Waals surface area contributed by atoms with Gasteiger partial charge in [0.25, 0.3) is 0 Å². The van der Waals surface area contributed by atoms with Gasteiger partial charge in [-0.05, 0) is 17.7 Å². The summed E-state index contributed by atoms with van der Waals surface area (Å²) in [6.45, 7) is 0.606. The molecular weight excluding hydrogens is 228 g/mol. The van der Waals surface area contributed by atoms with Gasteiger partial charge in [0.1, 0.15) is 5.82 Å². The van der Waals surface area contributed by atoms with Crippen LogP contribution in [0.25, 0.3) is 0 Å². The fourth-order valence-corrected chi connectivity index (χ4v) is 1.41. The number of hydrogen-bond donors (Lipinski definition) is 3. The largest absolute Gasteiger partial charge is 0.365 e. The second-order valence-electron chi connectivity index (χ2n) is 3.60. The van der Waals surface area contributed by atoms with Crippen molar-refractivity contribution in [3.8, 4) is 6.07 Å². The Balaban J connectivity index is 2.00. The van der Waals surface area contributed by atoms with E-state index < -0.39 is 0 Å². The summed E-state index contributed by atoms with van der Waals surface area (Å²) in [6, 6.07) is 9.42. The fraction of sp³-hybridized carbons (Fsp3) is 0.0833. The molecule has 0 amide bonds. The average molecular weight is 240 g/mol. The molecule has 4 N–H and O–H groups in total. The van der Waals surface area contributed by atoms with Crippen molar-refractivity contribution < 1.29 is 0 Å². The summed E-state index contributed by atoms with van der Waals surface area (Å²) in [4.78, 5) is 8.16. The number of nitrogens with zero attached hydrogens (tertiary/aromatic N) is 3. The van der Waals surface area contributed by atoms with Crippen molar-refractivity contribution in [3.63, 3.8) is 0 Å². The van der Waals surface area contributed by atoms with Crippen LogP contribution >= 0.6 is 0 Å². The van der Waals surface area contributed by atoms with E-state index in [0.29, 0.717) is 23.7 Å². The number of benzene rings is 1. The Labute approximate surface area is 104 Å². The molecule has 1 heterocycles. The third-order valence-corrected chi connectivity index (χ3v) is 2.34. The molecule has 0 fully saturated rings. The van der Waals surface area contributed by atoms with Gasteiger partial charge in [-0.2, -0.15) is 5.26 Å². The molecule has 0 unspecified atom stereocenters. The van der Waals surface area contributed by atoms with Crippen LogP contribution in [0.2, 0.25) is 0 Å². The molecule has 6 nitrogen and oxygen atoms in total. The Morgan fingerprint density at radius 1 is 1.17 bits per heavy atom. The lowest BCUT2D eigenvalue weighted by Crippen LogP contribution is -2.10. The fourth-order valence-electron chi connectivity index (χ4n) is 1.41. The maximum Gasteiger partial charge on any atom is 0.160 e. The Morgan fingerprint density at radius 2 is 1.89 bits per heavy atom. The first-order chi connectivity index (χ1) is 8.81. The van der Waals surface area contributed by atoms with Gasteiger partial charge < -0.3 is 10.7 Å². The van der Waals surface area contributed by atoms with Crippen molar-refractivity contribution in [1.82, 2.24) is 9.97 Å². The summed E-state index contributed by atoms with van der Waals surface area (Å²) < 4.78 is 0. The molecule has 0 radical (unpaired) electrons. The highest BCUT2D eigenvalue weighted by Gasteiger charge is 1.98. The van der Waals surface area contributed by atoms with Crippen LogP contribution in [-0.4, -0.2) is 9.97 Å². The van der Waals surface area contributed by atoms with E-state index in [9.17, 15) is 0 Å². The molecule has 2 rings (SSSR count). The second kappa shape index (κ2) is 5.61. The normalized spacial score (nSPS) is 9.56. The zero-order valence-corrected chi connectivity index (χ0v) is 9.59. The summed E-state index contributed by atoms with van der Waals surface area (Å²) in [6.07, 6.45) is 3.15. The second-order valence-corrected chi connectivity index (χ2v) is 3.60. The third kappa shape index (κ3) is 2.93. The van der Waals surface area contributed by atoms with Crippen molar-refractivity contribution in [2.24, 2.45) is 5.84 Å². The van der Waals surface area contributed by atoms with Gasteiger partial charge in [0.2, 0.25) is 0 Å². The lowest BCUT2D eigenvalue weighted by atomic mass is 10.1. The van der Waals surface area contributed by atoms with Gasteiger partial charge in [0, 0.05) is 6.54 Å². The van der Waals surface area contributed by atoms with E-state index in [1.54, 1.807) is 18.3 Å². The lowest BCUT2D eigenvalue weighted by molar-refractivity contribution is 1.08. The molecule has 0 spiro atoms. The van der Waals surface area contributed by atoms with Crippen LogP contribution in [0.1, 0.15) is 11.1 Å². The number of nitrogen functional groups attached to an aromatic ring is 1. The molecule has 2 aromatic rings. The molecule has 0 aliphatic rings. The van der Waals surface area contributed by atoms with Crippen molar-refractivity contribution in [2.75, 3.05) is 10.7 Å². The number of nitrogens with two attached hydrogens (primary N) is 1. The number of rotatable bonds is 4. The summed E-state index contributed by atoms with van der Waals surface area (Å²) in [5.41, 5.74) is 4.13. The average Bonchev–Trinajstić information content (AvgIpc) is 2.46. The molecule has 90 valence electrons. The van der Waals surface area contributed by atoms with Crippen LogP contribution in [0.4, 0.5) is 11.6 Å². The van der Waals surface area contributed by atoms with E-state index >= 15 is 0 Å². The van der Waals surface area contributed by atoms with Crippen LogP contribution in [0.5, 0.6) is 0 Å². The van der Waals surface area contributed by atoms with E-state index in [1.807, 2.05) is 12.1 Å². The van der Waals surface area contributed by atoms with Crippen molar-refractivity contribution >= 4 is 11.6 Å². The minimum Gasteiger partial charge on any atom is -0.365 e. The Bertz CT molecular complexity index is 558. The highest BCUT2D eigenvalue weighted by Crippen LogP contribution is 2.08. The Kier molecular flexibility index (Phi) is 3.69. The monoisotopic (exact) mass is 240 g/mol. The molecule has 0 atom stereocenters. The minimum absolute atomic E-state index is 0.500. The minimum atomic E-state index is 0.500. The van der Waals surface area contributed by atoms with Crippen molar-refractivity contribution in [3.05, 3.63) is 47.8 Å². The number of nitrogens with one attached hydrogen (secondary N) is 2. The van der Waals surface area contributed by atoms with E-state index in [-0.39, 0.29) is 0 Å². The van der Waals surface area contributed by atoms with Gasteiger partial charge in [0.15, 0.2) is 5.82 Å². The smallest absolute Gasteiger partial charge is 0.160 e. The van der Waals surface area contributed by atoms with E-state index in [2.05, 4.69) is 26.8 Å². The van der Waals surface area contributed by atoms with E-state index in [0.717, 1.165) is 5.56 Å². The summed E-state index contributed by atoms with van der Waals surface area (Å²) in [5.74, 6) is 6.38. The van der Waals surface area contributed by atoms with E-state index in [1.165, 1.54) is 6.20 Å². The molecule has 0 bridgehead atoms. The maximum atomic E-state index is 8.69. The van der Waals surface area contributed by atoms with Crippen LogP contribution in [0.15, 0.2) is 36.7 Å². The molecule has 0 aliphatic heterocycles. The SMILES string of the molecule is N#Cc1ccc(CNc2cncc(NN)n2)cc1. The summed E-state index contributed by atoms with van der Waals surface area (Å²) >= 11 is 0. The standard InChI is InChI=1S/C12H12N6/c13-5-9-1-3-10(4-2-9)6-16-11-7-15-8-12(17-11)18-14/h1-4,7-8H,6,14H2,(H2,16,17,18). The lowest BCUT2D eigenvalue weighted by Gasteiger charge is -2.06. The highest BCUT2D eigenvalue weighted by atomic mass is 15.3. The van der Waals surface area contributed by atoms with Gasteiger partial charge in [-0.1, -0.05) is 12.1 Å². The van der Waals surface area contributed by atoms with Gasteiger partial charge in [0.05, 0.1) is 24.0 Å². The first-order valence-corrected chi connectivity index (χ1v) is 5.33. The van der Waals surface area contributed by atoms with Crippen LogP contribution in [0.3, 0.4) is 0 Å². The quantitative estimate of drug-likeness (QED) is 0.549. The third-order valence-electron chi connectivity index (χ3n) is 2.34. The van der Waals surface area contributed by atoms with Crippen molar-refractivity contribution in [2.45, 2.75) is 6.54 Å². The van der Waals surface area contributed by atoms with Gasteiger partial charge >= 0.3 is 0 Å². The molecule has 6 heteroatoms. The molecule has 0 saturated carbocycles. The van der Waals surface area contributed by atoms with E-state index in [4.69, 9.17) is 11.1 Å². The molecule has 0 saturated heterocycles. The van der Waals surface area contributed by atoms with Crippen LogP contribution < -0.4 is 16.6 Å². The maximum absolute atomic E-state index is 8.69.